The van der Waals surface area contributed by atoms with E-state index in [1.54, 1.807) is 0 Å². The molecule has 0 N–H and O–H groups in total. The van der Waals surface area contributed by atoms with E-state index in [0.717, 1.165) is 35.1 Å². The lowest BCUT2D eigenvalue weighted by molar-refractivity contribution is -0.958. The number of quaternary nitrogens is 2. The van der Waals surface area contributed by atoms with Crippen LogP contribution in [0.5, 0.6) is 0 Å². The van der Waals surface area contributed by atoms with Gasteiger partial charge in [0.1, 0.15) is 26.2 Å². The maximum atomic E-state index is 11.6. The van der Waals surface area contributed by atoms with Gasteiger partial charge >= 0.3 is 11.9 Å². The lowest BCUT2D eigenvalue weighted by Crippen LogP contribution is -2.49. The second-order valence-corrected chi connectivity index (χ2v) is 9.01. The van der Waals surface area contributed by atoms with Crippen molar-refractivity contribution in [2.45, 2.75) is 13.1 Å². The Balaban J connectivity index is 1.93. The summed E-state index contributed by atoms with van der Waals surface area (Å²) >= 11 is 0. The molecule has 6 heteroatoms. The molecule has 0 atom stereocenters. The molecule has 0 saturated heterocycles. The van der Waals surface area contributed by atoms with Gasteiger partial charge in [-0.15, -0.1) is 0 Å². The van der Waals surface area contributed by atoms with E-state index in [1.165, 1.54) is 25.3 Å². The molecule has 0 aliphatic rings. The molecule has 0 heterocycles. The average molecular weight is 415 g/mol. The van der Waals surface area contributed by atoms with Crippen molar-refractivity contribution < 1.29 is 28.0 Å². The van der Waals surface area contributed by atoms with Crippen molar-refractivity contribution in [3.05, 3.63) is 70.8 Å². The lowest BCUT2D eigenvalue weighted by Gasteiger charge is -2.36. The van der Waals surface area contributed by atoms with Gasteiger partial charge in [0.2, 0.25) is 0 Å². The summed E-state index contributed by atoms with van der Waals surface area (Å²) in [7, 11) is 11.7. The Bertz CT molecular complexity index is 782. The second-order valence-electron chi connectivity index (χ2n) is 9.01. The third-order valence-corrected chi connectivity index (χ3v) is 5.28. The summed E-state index contributed by atoms with van der Waals surface area (Å²) in [5, 5.41) is 0. The number of rotatable bonds is 9. The quantitative estimate of drug-likeness (QED) is 0.467. The van der Waals surface area contributed by atoms with Gasteiger partial charge in [-0.25, -0.2) is 9.59 Å². The van der Waals surface area contributed by atoms with Gasteiger partial charge in [-0.05, 0) is 24.3 Å². The summed E-state index contributed by atoms with van der Waals surface area (Å²) in [5.41, 5.74) is 3.53. The number of hydrogen-bond acceptors (Lipinski definition) is 4. The zero-order valence-corrected chi connectivity index (χ0v) is 19.0. The average Bonchev–Trinajstić information content (AvgIpc) is 2.72. The van der Waals surface area contributed by atoms with Crippen LogP contribution < -0.4 is 0 Å². The lowest BCUT2D eigenvalue weighted by atomic mass is 10.1. The smallest absolute Gasteiger partial charge is 0.337 e. The number of esters is 2. The first kappa shape index (κ1) is 23.6. The SMILES string of the molecule is COC(=O)c1ccc(C[N+](C)(C)CC[N+](C)(C)Cc2ccc(C(=O)OC)cc2)cc1. The first-order valence-corrected chi connectivity index (χ1v) is 10.0. The summed E-state index contributed by atoms with van der Waals surface area (Å²) in [6.45, 7) is 3.78. The molecule has 0 spiro atoms. The second kappa shape index (κ2) is 9.87. The molecule has 0 amide bonds. The number of benzene rings is 2. The van der Waals surface area contributed by atoms with Crippen LogP contribution in [0.1, 0.15) is 31.8 Å². The molecule has 2 aromatic carbocycles. The zero-order valence-electron chi connectivity index (χ0n) is 19.0. The Morgan fingerprint density at radius 2 is 0.933 bits per heavy atom. The van der Waals surface area contributed by atoms with Gasteiger partial charge in [-0.2, -0.15) is 0 Å². The number of methoxy groups -OCH3 is 2. The fourth-order valence-electron chi connectivity index (χ4n) is 3.42. The van der Waals surface area contributed by atoms with Gasteiger partial charge in [-0.1, -0.05) is 24.3 Å². The Hall–Kier alpha value is -2.70. The van der Waals surface area contributed by atoms with Crippen LogP contribution in [0.2, 0.25) is 0 Å². The fraction of sp³-hybridized carbons (Fsp3) is 0.417. The van der Waals surface area contributed by atoms with E-state index in [9.17, 15) is 9.59 Å². The Morgan fingerprint density at radius 3 is 1.20 bits per heavy atom. The molecule has 2 aromatic rings. The molecule has 0 fully saturated rings. The molecule has 0 unspecified atom stereocenters. The molecular formula is C24H34N2O4+2. The molecular weight excluding hydrogens is 380 g/mol. The van der Waals surface area contributed by atoms with Crippen molar-refractivity contribution in [2.75, 3.05) is 55.5 Å². The highest BCUT2D eigenvalue weighted by atomic mass is 16.5. The number of nitrogens with zero attached hydrogens (tertiary/aromatic N) is 2. The maximum Gasteiger partial charge on any atom is 0.337 e. The van der Waals surface area contributed by atoms with Crippen LogP contribution in [0.3, 0.4) is 0 Å². The van der Waals surface area contributed by atoms with Crippen molar-refractivity contribution >= 4 is 11.9 Å². The molecule has 30 heavy (non-hydrogen) atoms. The van der Waals surface area contributed by atoms with Gasteiger partial charge in [0.15, 0.2) is 0 Å². The predicted octanol–water partition coefficient (Wildman–Crippen LogP) is 3.11. The van der Waals surface area contributed by atoms with E-state index < -0.39 is 0 Å². The topological polar surface area (TPSA) is 52.6 Å². The van der Waals surface area contributed by atoms with Gasteiger partial charge in [0.05, 0.1) is 53.5 Å². The number of ether oxygens (including phenoxy) is 2. The Morgan fingerprint density at radius 1 is 0.633 bits per heavy atom. The summed E-state index contributed by atoms with van der Waals surface area (Å²) in [6, 6.07) is 15.3. The highest BCUT2D eigenvalue weighted by molar-refractivity contribution is 5.89. The van der Waals surface area contributed by atoms with Gasteiger partial charge in [0.25, 0.3) is 0 Å². The molecule has 6 nitrogen and oxygen atoms in total. The number of hydrogen-bond donors (Lipinski definition) is 0. The van der Waals surface area contributed by atoms with Gasteiger partial charge in [-0.3, -0.25) is 0 Å². The molecule has 0 aliphatic heterocycles. The van der Waals surface area contributed by atoms with Crippen LogP contribution in [0.4, 0.5) is 0 Å². The molecule has 0 saturated carbocycles. The van der Waals surface area contributed by atoms with Crippen molar-refractivity contribution in [1.29, 1.82) is 0 Å². The molecule has 0 bridgehead atoms. The normalized spacial score (nSPS) is 11.8. The van der Waals surface area contributed by atoms with E-state index in [4.69, 9.17) is 9.47 Å². The van der Waals surface area contributed by atoms with Crippen molar-refractivity contribution in [3.8, 4) is 0 Å². The van der Waals surface area contributed by atoms with Crippen LogP contribution in [-0.4, -0.2) is 76.4 Å². The van der Waals surface area contributed by atoms with E-state index in [2.05, 4.69) is 28.2 Å². The summed E-state index contributed by atoms with van der Waals surface area (Å²) < 4.78 is 11.2. The minimum atomic E-state index is -0.311. The van der Waals surface area contributed by atoms with Crippen molar-refractivity contribution in [2.24, 2.45) is 0 Å². The van der Waals surface area contributed by atoms with Crippen LogP contribution in [0, 0.1) is 0 Å². The first-order chi connectivity index (χ1) is 14.0. The maximum absolute atomic E-state index is 11.6. The van der Waals surface area contributed by atoms with E-state index >= 15 is 0 Å². The minimum absolute atomic E-state index is 0.311. The zero-order chi connectivity index (χ0) is 22.4. The Labute approximate surface area is 179 Å². The summed E-state index contributed by atoms with van der Waals surface area (Å²) in [6.07, 6.45) is 0. The van der Waals surface area contributed by atoms with E-state index in [-0.39, 0.29) is 11.9 Å². The van der Waals surface area contributed by atoms with Gasteiger partial charge < -0.3 is 18.4 Å². The number of carbonyl (C=O) groups excluding carboxylic acids is 2. The van der Waals surface area contributed by atoms with Crippen LogP contribution in [-0.2, 0) is 22.6 Å². The monoisotopic (exact) mass is 414 g/mol. The summed E-state index contributed by atoms with van der Waals surface area (Å²) in [4.78, 5) is 23.2. The van der Waals surface area contributed by atoms with Crippen molar-refractivity contribution in [1.82, 2.24) is 0 Å². The molecule has 0 aromatic heterocycles. The highest BCUT2D eigenvalue weighted by Gasteiger charge is 2.24. The highest BCUT2D eigenvalue weighted by Crippen LogP contribution is 2.15. The van der Waals surface area contributed by atoms with Crippen LogP contribution in [0.15, 0.2) is 48.5 Å². The number of carbonyl (C=O) groups is 2. The van der Waals surface area contributed by atoms with Crippen LogP contribution in [0.25, 0.3) is 0 Å². The Kier molecular flexibility index (Phi) is 7.76. The minimum Gasteiger partial charge on any atom is -0.465 e. The van der Waals surface area contributed by atoms with E-state index in [1.807, 2.05) is 48.5 Å². The third-order valence-electron chi connectivity index (χ3n) is 5.28. The largest absolute Gasteiger partial charge is 0.465 e. The summed E-state index contributed by atoms with van der Waals surface area (Å²) in [5.74, 6) is -0.622. The number of likely N-dealkylation sites (N-methyl/N-ethyl adjacent to an activating group) is 2. The van der Waals surface area contributed by atoms with Crippen LogP contribution >= 0.6 is 0 Å². The standard InChI is InChI=1S/C24H34N2O4/c1-25(2,17-19-7-11-21(12-8-19)23(27)29-5)15-16-26(3,4)18-20-9-13-22(14-10-20)24(28)30-6/h7-14H,15-18H2,1-6H3/q+2. The fourth-order valence-corrected chi connectivity index (χ4v) is 3.42. The van der Waals surface area contributed by atoms with Gasteiger partial charge in [0, 0.05) is 11.1 Å². The predicted molar refractivity (Wildman–Crippen MR) is 117 cm³/mol. The third kappa shape index (κ3) is 6.97. The van der Waals surface area contributed by atoms with E-state index in [0.29, 0.717) is 11.1 Å². The molecule has 162 valence electrons. The molecule has 0 radical (unpaired) electrons. The van der Waals surface area contributed by atoms with Crippen molar-refractivity contribution in [3.63, 3.8) is 0 Å². The first-order valence-electron chi connectivity index (χ1n) is 10.0. The molecule has 2 rings (SSSR count). The molecule has 0 aliphatic carbocycles.